The van der Waals surface area contributed by atoms with Gasteiger partial charge in [0.15, 0.2) is 0 Å². The Labute approximate surface area is 125 Å². The van der Waals surface area contributed by atoms with Gasteiger partial charge in [0.25, 0.3) is 0 Å². The van der Waals surface area contributed by atoms with Gasteiger partial charge in [0, 0.05) is 6.04 Å². The van der Waals surface area contributed by atoms with Crippen molar-refractivity contribution in [2.45, 2.75) is 52.2 Å². The summed E-state index contributed by atoms with van der Waals surface area (Å²) in [6.45, 7) is 7.26. The maximum Gasteiger partial charge on any atom is 0.407 e. The van der Waals surface area contributed by atoms with Crippen molar-refractivity contribution in [3.05, 3.63) is 35.4 Å². The number of aryl methyl sites for hydroxylation is 1. The zero-order valence-corrected chi connectivity index (χ0v) is 13.0. The summed E-state index contributed by atoms with van der Waals surface area (Å²) in [5, 5.41) is 11.6. The van der Waals surface area contributed by atoms with E-state index in [2.05, 4.69) is 5.32 Å². The number of aliphatic carboxylic acids is 1. The Morgan fingerprint density at radius 2 is 2.00 bits per heavy atom. The Morgan fingerprint density at radius 3 is 2.52 bits per heavy atom. The summed E-state index contributed by atoms with van der Waals surface area (Å²) in [6, 6.07) is 7.27. The summed E-state index contributed by atoms with van der Waals surface area (Å²) in [5.41, 5.74) is 1.47. The average molecular weight is 293 g/mol. The van der Waals surface area contributed by atoms with Gasteiger partial charge in [-0.15, -0.1) is 0 Å². The number of benzene rings is 1. The smallest absolute Gasteiger partial charge is 0.407 e. The van der Waals surface area contributed by atoms with E-state index < -0.39 is 23.7 Å². The van der Waals surface area contributed by atoms with E-state index in [4.69, 9.17) is 9.84 Å². The Hall–Kier alpha value is -2.04. The van der Waals surface area contributed by atoms with Crippen molar-refractivity contribution in [1.29, 1.82) is 0 Å². The molecule has 0 spiro atoms. The average Bonchev–Trinajstić information content (AvgIpc) is 2.24. The highest BCUT2D eigenvalue weighted by Crippen LogP contribution is 2.11. The molecule has 0 heterocycles. The van der Waals surface area contributed by atoms with E-state index >= 15 is 0 Å². The van der Waals surface area contributed by atoms with E-state index in [1.54, 1.807) is 20.8 Å². The first-order valence-corrected chi connectivity index (χ1v) is 6.92. The lowest BCUT2D eigenvalue weighted by Gasteiger charge is -2.23. The molecule has 0 fully saturated rings. The molecule has 1 aromatic rings. The molecule has 0 saturated heterocycles. The van der Waals surface area contributed by atoms with Gasteiger partial charge in [-0.2, -0.15) is 0 Å². The molecular weight excluding hydrogens is 270 g/mol. The van der Waals surface area contributed by atoms with Gasteiger partial charge >= 0.3 is 12.1 Å². The SMILES string of the molecule is Cc1cccc(CC(CC(=O)O)NC(=O)OC(C)(C)C)c1. The van der Waals surface area contributed by atoms with Crippen LogP contribution in [0.25, 0.3) is 0 Å². The first kappa shape index (κ1) is 17.0. The molecule has 1 atom stereocenters. The molecule has 2 N–H and O–H groups in total. The number of hydrogen-bond donors (Lipinski definition) is 2. The molecular formula is C16H23NO4. The quantitative estimate of drug-likeness (QED) is 0.875. The number of amides is 1. The highest BCUT2D eigenvalue weighted by Gasteiger charge is 2.21. The first-order chi connectivity index (χ1) is 9.65. The molecule has 116 valence electrons. The molecule has 1 rings (SSSR count). The number of carbonyl (C=O) groups excluding carboxylic acids is 1. The second-order valence-electron chi connectivity index (χ2n) is 6.13. The molecule has 0 radical (unpaired) electrons. The van der Waals surface area contributed by atoms with Crippen molar-refractivity contribution >= 4 is 12.1 Å². The molecule has 0 bridgehead atoms. The maximum atomic E-state index is 11.8. The lowest BCUT2D eigenvalue weighted by atomic mass is 10.0. The topological polar surface area (TPSA) is 75.6 Å². The van der Waals surface area contributed by atoms with Gasteiger partial charge in [0.2, 0.25) is 0 Å². The van der Waals surface area contributed by atoms with E-state index in [0.29, 0.717) is 6.42 Å². The number of alkyl carbamates (subject to hydrolysis) is 1. The van der Waals surface area contributed by atoms with Crippen LogP contribution in [0, 0.1) is 6.92 Å². The van der Waals surface area contributed by atoms with E-state index in [0.717, 1.165) is 11.1 Å². The van der Waals surface area contributed by atoms with E-state index in [1.807, 2.05) is 31.2 Å². The normalized spacial score (nSPS) is 12.6. The van der Waals surface area contributed by atoms with Crippen LogP contribution in [0.15, 0.2) is 24.3 Å². The molecule has 1 aromatic carbocycles. The lowest BCUT2D eigenvalue weighted by molar-refractivity contribution is -0.137. The summed E-state index contributed by atoms with van der Waals surface area (Å²) in [7, 11) is 0. The highest BCUT2D eigenvalue weighted by atomic mass is 16.6. The molecule has 21 heavy (non-hydrogen) atoms. The minimum Gasteiger partial charge on any atom is -0.481 e. The predicted octanol–water partition coefficient (Wildman–Crippen LogP) is 2.91. The monoisotopic (exact) mass is 293 g/mol. The number of rotatable bonds is 5. The number of hydrogen-bond acceptors (Lipinski definition) is 3. The zero-order valence-electron chi connectivity index (χ0n) is 13.0. The number of nitrogens with one attached hydrogen (secondary N) is 1. The zero-order chi connectivity index (χ0) is 16.0. The van der Waals surface area contributed by atoms with E-state index in [-0.39, 0.29) is 6.42 Å². The summed E-state index contributed by atoms with van der Waals surface area (Å²) in [5.74, 6) is -0.955. The van der Waals surface area contributed by atoms with Gasteiger partial charge in [0.05, 0.1) is 6.42 Å². The Bertz CT molecular complexity index is 505. The fourth-order valence-electron chi connectivity index (χ4n) is 1.98. The van der Waals surface area contributed by atoms with Crippen LogP contribution >= 0.6 is 0 Å². The summed E-state index contributed by atoms with van der Waals surface area (Å²) in [6.07, 6.45) is -0.290. The molecule has 0 saturated carbocycles. The second-order valence-corrected chi connectivity index (χ2v) is 6.13. The second kappa shape index (κ2) is 7.11. The molecule has 0 aliphatic heterocycles. The molecule has 0 aromatic heterocycles. The largest absolute Gasteiger partial charge is 0.481 e. The third-order valence-corrected chi connectivity index (χ3v) is 2.71. The van der Waals surface area contributed by atoms with Crippen molar-refractivity contribution in [3.63, 3.8) is 0 Å². The van der Waals surface area contributed by atoms with E-state index in [1.165, 1.54) is 0 Å². The number of carboxylic acid groups (broad SMARTS) is 1. The van der Waals surface area contributed by atoms with Gasteiger partial charge in [-0.3, -0.25) is 4.79 Å². The van der Waals surface area contributed by atoms with Crippen molar-refractivity contribution in [2.24, 2.45) is 0 Å². The summed E-state index contributed by atoms with van der Waals surface area (Å²) < 4.78 is 5.17. The standard InChI is InChI=1S/C16H23NO4/c1-11-6-5-7-12(8-11)9-13(10-14(18)19)17-15(20)21-16(2,3)4/h5-8,13H,9-10H2,1-4H3,(H,17,20)(H,18,19). The lowest BCUT2D eigenvalue weighted by Crippen LogP contribution is -2.41. The van der Waals surface area contributed by atoms with Crippen molar-refractivity contribution < 1.29 is 19.4 Å². The third-order valence-electron chi connectivity index (χ3n) is 2.71. The first-order valence-electron chi connectivity index (χ1n) is 6.92. The van der Waals surface area contributed by atoms with Crippen LogP contribution in [0.5, 0.6) is 0 Å². The van der Waals surface area contributed by atoms with Gasteiger partial charge in [-0.25, -0.2) is 4.79 Å². The van der Waals surface area contributed by atoms with Gasteiger partial charge < -0.3 is 15.2 Å². The summed E-state index contributed by atoms with van der Waals surface area (Å²) in [4.78, 5) is 22.7. The molecule has 5 nitrogen and oxygen atoms in total. The predicted molar refractivity (Wildman–Crippen MR) is 80.3 cm³/mol. The van der Waals surface area contributed by atoms with Gasteiger partial charge in [-0.1, -0.05) is 29.8 Å². The van der Waals surface area contributed by atoms with Gasteiger partial charge in [0.1, 0.15) is 5.60 Å². The molecule has 0 aliphatic rings. The minimum absolute atomic E-state index is 0.146. The van der Waals surface area contributed by atoms with Crippen LogP contribution in [0.4, 0.5) is 4.79 Å². The van der Waals surface area contributed by atoms with Crippen molar-refractivity contribution in [3.8, 4) is 0 Å². The molecule has 0 aliphatic carbocycles. The van der Waals surface area contributed by atoms with Crippen LogP contribution in [0.3, 0.4) is 0 Å². The van der Waals surface area contributed by atoms with Crippen LogP contribution in [0.2, 0.25) is 0 Å². The Kier molecular flexibility index (Phi) is 5.76. The number of ether oxygens (including phenoxy) is 1. The van der Waals surface area contributed by atoms with E-state index in [9.17, 15) is 9.59 Å². The Morgan fingerprint density at radius 1 is 1.33 bits per heavy atom. The maximum absolute atomic E-state index is 11.8. The minimum atomic E-state index is -0.955. The van der Waals surface area contributed by atoms with Crippen molar-refractivity contribution in [1.82, 2.24) is 5.32 Å². The molecule has 1 unspecified atom stereocenters. The highest BCUT2D eigenvalue weighted by molar-refractivity contribution is 5.71. The van der Waals surface area contributed by atoms with Crippen LogP contribution in [0.1, 0.15) is 38.3 Å². The number of carbonyl (C=O) groups is 2. The van der Waals surface area contributed by atoms with Crippen LogP contribution in [-0.4, -0.2) is 28.8 Å². The molecule has 5 heteroatoms. The molecule has 1 amide bonds. The fourth-order valence-corrected chi connectivity index (χ4v) is 1.98. The Balaban J connectivity index is 2.72. The van der Waals surface area contributed by atoms with Gasteiger partial charge in [-0.05, 0) is 39.7 Å². The fraction of sp³-hybridized carbons (Fsp3) is 0.500. The van der Waals surface area contributed by atoms with Crippen LogP contribution in [-0.2, 0) is 16.0 Å². The third kappa shape index (κ3) is 7.34. The van der Waals surface area contributed by atoms with Crippen LogP contribution < -0.4 is 5.32 Å². The number of carboxylic acids is 1. The van der Waals surface area contributed by atoms with Crippen molar-refractivity contribution in [2.75, 3.05) is 0 Å². The summed E-state index contributed by atoms with van der Waals surface area (Å²) >= 11 is 0.